The van der Waals surface area contributed by atoms with Gasteiger partial charge in [-0.25, -0.2) is 4.98 Å². The molecule has 0 aliphatic rings. The van der Waals surface area contributed by atoms with E-state index in [1.165, 1.54) is 0 Å². The van der Waals surface area contributed by atoms with Crippen molar-refractivity contribution in [3.05, 3.63) is 18.2 Å². The van der Waals surface area contributed by atoms with Crippen molar-refractivity contribution in [3.8, 4) is 0 Å². The summed E-state index contributed by atoms with van der Waals surface area (Å²) in [5, 5.41) is 0. The molecular formula is C10H21N5. The minimum Gasteiger partial charge on any atom is -0.338 e. The van der Waals surface area contributed by atoms with Crippen LogP contribution in [-0.4, -0.2) is 41.1 Å². The van der Waals surface area contributed by atoms with Crippen LogP contribution >= 0.6 is 0 Å². The molecule has 3 N–H and O–H groups in total. The van der Waals surface area contributed by atoms with Gasteiger partial charge in [0.15, 0.2) is 0 Å². The molecule has 0 aliphatic heterocycles. The Morgan fingerprint density at radius 2 is 2.33 bits per heavy atom. The number of likely N-dealkylation sites (N-methyl/N-ethyl adjacent to an activating group) is 1. The average Bonchev–Trinajstić information content (AvgIpc) is 2.58. The van der Waals surface area contributed by atoms with Crippen molar-refractivity contribution in [2.45, 2.75) is 18.9 Å². The maximum atomic E-state index is 5.49. The molecule has 5 heteroatoms. The molecular weight excluding hydrogens is 190 g/mol. The van der Waals surface area contributed by atoms with Crippen LogP contribution in [0.15, 0.2) is 12.4 Å². The normalized spacial score (nSPS) is 13.4. The highest BCUT2D eigenvalue weighted by Gasteiger charge is 2.09. The van der Waals surface area contributed by atoms with Gasteiger partial charge in [-0.3, -0.25) is 11.3 Å². The van der Waals surface area contributed by atoms with E-state index in [0.29, 0.717) is 6.04 Å². The van der Waals surface area contributed by atoms with Crippen LogP contribution in [0.4, 0.5) is 0 Å². The number of nitrogens with zero attached hydrogens (tertiary/aromatic N) is 3. The second kappa shape index (κ2) is 5.85. The van der Waals surface area contributed by atoms with Crippen LogP contribution in [0, 0.1) is 0 Å². The summed E-state index contributed by atoms with van der Waals surface area (Å²) in [7, 11) is 6.11. The Kier molecular flexibility index (Phi) is 4.74. The molecule has 1 rings (SSSR count). The van der Waals surface area contributed by atoms with Gasteiger partial charge in [0.1, 0.15) is 5.82 Å². The summed E-state index contributed by atoms with van der Waals surface area (Å²) in [5.41, 5.74) is 2.84. The Bertz CT molecular complexity index is 281. The van der Waals surface area contributed by atoms with Crippen LogP contribution in [0.25, 0.3) is 0 Å². The number of hydrogen-bond acceptors (Lipinski definition) is 4. The fourth-order valence-corrected chi connectivity index (χ4v) is 1.61. The monoisotopic (exact) mass is 211 g/mol. The van der Waals surface area contributed by atoms with Gasteiger partial charge in [0.25, 0.3) is 0 Å². The number of imidazole rings is 1. The van der Waals surface area contributed by atoms with Gasteiger partial charge in [-0.1, -0.05) is 0 Å². The molecule has 15 heavy (non-hydrogen) atoms. The Balaban J connectivity index is 2.37. The number of aryl methyl sites for hydroxylation is 2. The minimum absolute atomic E-state index is 0.316. The van der Waals surface area contributed by atoms with Gasteiger partial charge >= 0.3 is 0 Å². The number of aromatic nitrogens is 2. The summed E-state index contributed by atoms with van der Waals surface area (Å²) in [4.78, 5) is 6.41. The zero-order valence-corrected chi connectivity index (χ0v) is 9.77. The lowest BCUT2D eigenvalue weighted by atomic mass is 10.1. The molecule has 1 atom stereocenters. The first-order valence-corrected chi connectivity index (χ1v) is 5.20. The van der Waals surface area contributed by atoms with Crippen LogP contribution in [0.3, 0.4) is 0 Å². The number of hydrazine groups is 1. The van der Waals surface area contributed by atoms with Crippen LogP contribution in [-0.2, 0) is 13.5 Å². The number of rotatable bonds is 6. The quantitative estimate of drug-likeness (QED) is 0.503. The topological polar surface area (TPSA) is 59.1 Å². The highest BCUT2D eigenvalue weighted by atomic mass is 15.3. The van der Waals surface area contributed by atoms with Crippen LogP contribution in [0.1, 0.15) is 12.2 Å². The van der Waals surface area contributed by atoms with E-state index in [9.17, 15) is 0 Å². The molecule has 1 aromatic rings. The summed E-state index contributed by atoms with van der Waals surface area (Å²) in [6.45, 7) is 0.945. The highest BCUT2D eigenvalue weighted by molar-refractivity contribution is 4.92. The van der Waals surface area contributed by atoms with Crippen LogP contribution in [0.5, 0.6) is 0 Å². The predicted molar refractivity (Wildman–Crippen MR) is 61.2 cm³/mol. The predicted octanol–water partition coefficient (Wildman–Crippen LogP) is -0.254. The summed E-state index contributed by atoms with van der Waals surface area (Å²) < 4.78 is 2.04. The van der Waals surface area contributed by atoms with Crippen LogP contribution in [0.2, 0.25) is 0 Å². The summed E-state index contributed by atoms with van der Waals surface area (Å²) >= 11 is 0. The van der Waals surface area contributed by atoms with Crippen molar-refractivity contribution < 1.29 is 0 Å². The molecule has 5 nitrogen and oxygen atoms in total. The molecule has 1 aromatic heterocycles. The third kappa shape index (κ3) is 3.99. The Hall–Kier alpha value is -0.910. The van der Waals surface area contributed by atoms with E-state index in [2.05, 4.69) is 15.3 Å². The fourth-order valence-electron chi connectivity index (χ4n) is 1.61. The fraction of sp³-hybridized carbons (Fsp3) is 0.700. The first kappa shape index (κ1) is 12.2. The van der Waals surface area contributed by atoms with Gasteiger partial charge in [0.05, 0.1) is 0 Å². The molecule has 0 aromatic carbocycles. The van der Waals surface area contributed by atoms with E-state index < -0.39 is 0 Å². The lowest BCUT2D eigenvalue weighted by molar-refractivity contribution is 0.327. The van der Waals surface area contributed by atoms with Gasteiger partial charge in [-0.2, -0.15) is 0 Å². The van der Waals surface area contributed by atoms with E-state index in [1.54, 1.807) is 0 Å². The van der Waals surface area contributed by atoms with E-state index in [0.717, 1.165) is 25.2 Å². The summed E-state index contributed by atoms with van der Waals surface area (Å²) in [6.07, 6.45) is 5.74. The zero-order valence-electron chi connectivity index (χ0n) is 9.77. The molecule has 0 saturated carbocycles. The lowest BCUT2D eigenvalue weighted by Crippen LogP contribution is -2.42. The maximum absolute atomic E-state index is 5.49. The number of nitrogens with two attached hydrogens (primary N) is 1. The second-order valence-corrected chi connectivity index (χ2v) is 4.12. The maximum Gasteiger partial charge on any atom is 0.108 e. The van der Waals surface area contributed by atoms with Crippen molar-refractivity contribution in [1.82, 2.24) is 19.9 Å². The first-order valence-electron chi connectivity index (χ1n) is 5.20. The molecule has 0 saturated heterocycles. The standard InChI is InChI=1S/C10H21N5/c1-14(2)8-9(13-11)4-5-10-12-6-7-15(10)3/h6-7,9,13H,4-5,8,11H2,1-3H3. The molecule has 0 bridgehead atoms. The van der Waals surface area contributed by atoms with E-state index >= 15 is 0 Å². The first-order chi connectivity index (χ1) is 7.13. The highest BCUT2D eigenvalue weighted by Crippen LogP contribution is 2.02. The SMILES string of the molecule is CN(C)CC(CCc1nccn1C)NN. The molecule has 0 spiro atoms. The molecule has 0 fully saturated rings. The van der Waals surface area contributed by atoms with Crippen molar-refractivity contribution in [1.29, 1.82) is 0 Å². The van der Waals surface area contributed by atoms with Crippen molar-refractivity contribution in [3.63, 3.8) is 0 Å². The third-order valence-corrected chi connectivity index (χ3v) is 2.46. The molecule has 0 aliphatic carbocycles. The minimum atomic E-state index is 0.316. The van der Waals surface area contributed by atoms with Crippen molar-refractivity contribution >= 4 is 0 Å². The third-order valence-electron chi connectivity index (χ3n) is 2.46. The van der Waals surface area contributed by atoms with E-state index in [1.807, 2.05) is 38.1 Å². The largest absolute Gasteiger partial charge is 0.338 e. The van der Waals surface area contributed by atoms with Gasteiger partial charge in [0.2, 0.25) is 0 Å². The lowest BCUT2D eigenvalue weighted by Gasteiger charge is -2.19. The number of nitrogens with one attached hydrogen (secondary N) is 1. The Labute approximate surface area is 91.2 Å². The van der Waals surface area contributed by atoms with Crippen molar-refractivity contribution in [2.24, 2.45) is 12.9 Å². The van der Waals surface area contributed by atoms with E-state index in [4.69, 9.17) is 5.84 Å². The molecule has 86 valence electrons. The Morgan fingerprint density at radius 3 is 2.80 bits per heavy atom. The average molecular weight is 211 g/mol. The van der Waals surface area contributed by atoms with Crippen LogP contribution < -0.4 is 11.3 Å². The van der Waals surface area contributed by atoms with Gasteiger partial charge in [-0.05, 0) is 20.5 Å². The smallest absolute Gasteiger partial charge is 0.108 e. The molecule has 0 amide bonds. The van der Waals surface area contributed by atoms with Gasteiger partial charge in [0, 0.05) is 38.4 Å². The number of hydrogen-bond donors (Lipinski definition) is 2. The van der Waals surface area contributed by atoms with Gasteiger partial charge < -0.3 is 9.47 Å². The summed E-state index contributed by atoms with van der Waals surface area (Å²) in [6, 6.07) is 0.316. The van der Waals surface area contributed by atoms with Crippen molar-refractivity contribution in [2.75, 3.05) is 20.6 Å². The summed E-state index contributed by atoms with van der Waals surface area (Å²) in [5.74, 6) is 6.60. The second-order valence-electron chi connectivity index (χ2n) is 4.12. The Morgan fingerprint density at radius 1 is 1.60 bits per heavy atom. The van der Waals surface area contributed by atoms with E-state index in [-0.39, 0.29) is 0 Å². The molecule has 1 unspecified atom stereocenters. The zero-order chi connectivity index (χ0) is 11.3. The van der Waals surface area contributed by atoms with Gasteiger partial charge in [-0.15, -0.1) is 0 Å². The molecule has 1 heterocycles. The molecule has 0 radical (unpaired) electrons.